The number of unbranched alkanes of at least 4 members (excludes halogenated alkanes) is 1. The van der Waals surface area contributed by atoms with Gasteiger partial charge < -0.3 is 5.73 Å². The fourth-order valence-electron chi connectivity index (χ4n) is 1.20. The van der Waals surface area contributed by atoms with E-state index in [1.807, 2.05) is 10.3 Å². The Morgan fingerprint density at radius 3 is 2.47 bits per heavy atom. The van der Waals surface area contributed by atoms with Crippen molar-refractivity contribution in [2.45, 2.75) is 26.2 Å². The number of hydrogen-bond donors (Lipinski definition) is 3. The number of primary amides is 1. The van der Waals surface area contributed by atoms with Crippen molar-refractivity contribution in [2.75, 3.05) is 19.6 Å². The van der Waals surface area contributed by atoms with Crippen molar-refractivity contribution in [1.82, 2.24) is 10.3 Å². The molecule has 6 nitrogen and oxygen atoms in total. The highest BCUT2D eigenvalue weighted by Gasteiger charge is 2.09. The first-order chi connectivity index (χ1) is 7.10. The van der Waals surface area contributed by atoms with Crippen LogP contribution in [0.4, 0.5) is 0 Å². The highest BCUT2D eigenvalue weighted by Crippen LogP contribution is 1.96. The summed E-state index contributed by atoms with van der Waals surface area (Å²) >= 11 is 0. The first-order valence-electron chi connectivity index (χ1n) is 5.10. The molecule has 0 rings (SSSR count). The smallest absolute Gasteiger partial charge is 0.235 e. The Balaban J connectivity index is 3.88. The second-order valence-corrected chi connectivity index (χ2v) is 3.41. The SMILES string of the molecule is CCCCN(CCC(=O)NN)CC(N)=O. The molecule has 0 aromatic carbocycles. The molecule has 0 fully saturated rings. The third-order valence-electron chi connectivity index (χ3n) is 2.02. The summed E-state index contributed by atoms with van der Waals surface area (Å²) in [6.45, 7) is 3.54. The lowest BCUT2D eigenvalue weighted by Crippen LogP contribution is -2.38. The van der Waals surface area contributed by atoms with Crippen LogP contribution < -0.4 is 17.0 Å². The number of nitrogens with two attached hydrogens (primary N) is 2. The molecule has 15 heavy (non-hydrogen) atoms. The molecule has 2 amide bonds. The molecule has 0 aliphatic heterocycles. The van der Waals surface area contributed by atoms with Gasteiger partial charge in [-0.25, -0.2) is 5.84 Å². The molecule has 88 valence electrons. The number of carbonyl (C=O) groups is 2. The van der Waals surface area contributed by atoms with E-state index in [2.05, 4.69) is 6.92 Å². The van der Waals surface area contributed by atoms with Gasteiger partial charge in [-0.1, -0.05) is 13.3 Å². The number of hydrogen-bond acceptors (Lipinski definition) is 4. The maximum Gasteiger partial charge on any atom is 0.235 e. The van der Waals surface area contributed by atoms with E-state index in [9.17, 15) is 9.59 Å². The van der Waals surface area contributed by atoms with Gasteiger partial charge in [0.1, 0.15) is 0 Å². The van der Waals surface area contributed by atoms with Gasteiger partial charge in [-0.05, 0) is 13.0 Å². The van der Waals surface area contributed by atoms with Gasteiger partial charge in [-0.2, -0.15) is 0 Å². The Labute approximate surface area is 89.9 Å². The largest absolute Gasteiger partial charge is 0.369 e. The van der Waals surface area contributed by atoms with Crippen LogP contribution in [0.3, 0.4) is 0 Å². The molecule has 0 aliphatic rings. The van der Waals surface area contributed by atoms with Crippen molar-refractivity contribution in [3.8, 4) is 0 Å². The fourth-order valence-corrected chi connectivity index (χ4v) is 1.20. The molecule has 0 saturated heterocycles. The summed E-state index contributed by atoms with van der Waals surface area (Å²) < 4.78 is 0. The lowest BCUT2D eigenvalue weighted by Gasteiger charge is -2.19. The van der Waals surface area contributed by atoms with Crippen LogP contribution in [-0.4, -0.2) is 36.3 Å². The van der Waals surface area contributed by atoms with Crippen molar-refractivity contribution < 1.29 is 9.59 Å². The van der Waals surface area contributed by atoms with Crippen molar-refractivity contribution in [3.05, 3.63) is 0 Å². The molecule has 0 aromatic rings. The summed E-state index contributed by atoms with van der Waals surface area (Å²) in [6.07, 6.45) is 2.31. The third kappa shape index (κ3) is 7.90. The molecule has 5 N–H and O–H groups in total. The highest BCUT2D eigenvalue weighted by atomic mass is 16.2. The van der Waals surface area contributed by atoms with Gasteiger partial charge in [-0.3, -0.25) is 19.9 Å². The monoisotopic (exact) mass is 216 g/mol. The molecule has 0 bridgehead atoms. The molecule has 0 radical (unpaired) electrons. The Morgan fingerprint density at radius 2 is 2.00 bits per heavy atom. The van der Waals surface area contributed by atoms with Crippen LogP contribution in [0.25, 0.3) is 0 Å². The normalized spacial score (nSPS) is 10.3. The number of carbonyl (C=O) groups excluding carboxylic acids is 2. The molecule has 0 atom stereocenters. The van der Waals surface area contributed by atoms with E-state index in [1.165, 1.54) is 0 Å². The van der Waals surface area contributed by atoms with Gasteiger partial charge in [0.05, 0.1) is 6.54 Å². The molecule has 0 spiro atoms. The number of nitrogens with one attached hydrogen (secondary N) is 1. The topological polar surface area (TPSA) is 101 Å². The van der Waals surface area contributed by atoms with E-state index >= 15 is 0 Å². The van der Waals surface area contributed by atoms with E-state index in [0.29, 0.717) is 6.54 Å². The van der Waals surface area contributed by atoms with Crippen LogP contribution in [0.5, 0.6) is 0 Å². The zero-order valence-corrected chi connectivity index (χ0v) is 9.16. The van der Waals surface area contributed by atoms with Gasteiger partial charge >= 0.3 is 0 Å². The van der Waals surface area contributed by atoms with Crippen LogP contribution in [0.2, 0.25) is 0 Å². The third-order valence-corrected chi connectivity index (χ3v) is 2.02. The van der Waals surface area contributed by atoms with Crippen molar-refractivity contribution in [3.63, 3.8) is 0 Å². The van der Waals surface area contributed by atoms with Crippen LogP contribution in [0.1, 0.15) is 26.2 Å². The minimum absolute atomic E-state index is 0.192. The fraction of sp³-hybridized carbons (Fsp3) is 0.778. The predicted molar refractivity (Wildman–Crippen MR) is 57.5 cm³/mol. The lowest BCUT2D eigenvalue weighted by atomic mass is 10.3. The quantitative estimate of drug-likeness (QED) is 0.274. The zero-order chi connectivity index (χ0) is 11.7. The van der Waals surface area contributed by atoms with Crippen molar-refractivity contribution >= 4 is 11.8 Å². The molecular weight excluding hydrogens is 196 g/mol. The molecule has 0 aromatic heterocycles. The van der Waals surface area contributed by atoms with Crippen LogP contribution in [0.15, 0.2) is 0 Å². The summed E-state index contributed by atoms with van der Waals surface area (Å²) in [5.41, 5.74) is 7.15. The first-order valence-corrected chi connectivity index (χ1v) is 5.10. The molecule has 0 unspecified atom stereocenters. The van der Waals surface area contributed by atoms with Gasteiger partial charge in [-0.15, -0.1) is 0 Å². The average molecular weight is 216 g/mol. The second-order valence-electron chi connectivity index (χ2n) is 3.41. The van der Waals surface area contributed by atoms with Crippen LogP contribution in [-0.2, 0) is 9.59 Å². The Morgan fingerprint density at radius 1 is 1.33 bits per heavy atom. The van der Waals surface area contributed by atoms with Gasteiger partial charge in [0.2, 0.25) is 11.8 Å². The minimum atomic E-state index is -0.376. The molecule has 0 saturated carbocycles. The Kier molecular flexibility index (Phi) is 7.57. The van der Waals surface area contributed by atoms with Gasteiger partial charge in [0.15, 0.2) is 0 Å². The Bertz CT molecular complexity index is 208. The van der Waals surface area contributed by atoms with E-state index < -0.39 is 0 Å². The summed E-state index contributed by atoms with van der Waals surface area (Å²) in [7, 11) is 0. The standard InChI is InChI=1S/C9H20N4O2/c1-2-3-5-13(7-8(10)14)6-4-9(15)12-11/h2-7,11H2,1H3,(H2,10,14)(H,12,15). The number of amides is 2. The zero-order valence-electron chi connectivity index (χ0n) is 9.16. The van der Waals surface area contributed by atoms with Crippen LogP contribution in [0, 0.1) is 0 Å². The number of hydrazine groups is 1. The van der Waals surface area contributed by atoms with E-state index in [4.69, 9.17) is 11.6 Å². The number of rotatable bonds is 8. The molecule has 0 heterocycles. The highest BCUT2D eigenvalue weighted by molar-refractivity contribution is 5.76. The van der Waals surface area contributed by atoms with Crippen molar-refractivity contribution in [1.29, 1.82) is 0 Å². The summed E-state index contributed by atoms with van der Waals surface area (Å²) in [5, 5.41) is 0. The summed E-state index contributed by atoms with van der Waals surface area (Å²) in [4.78, 5) is 23.5. The van der Waals surface area contributed by atoms with E-state index in [1.54, 1.807) is 0 Å². The summed E-state index contributed by atoms with van der Waals surface area (Å²) in [5.74, 6) is 4.34. The molecule has 6 heteroatoms. The van der Waals surface area contributed by atoms with Crippen molar-refractivity contribution in [2.24, 2.45) is 11.6 Å². The second kappa shape index (κ2) is 8.19. The average Bonchev–Trinajstić information content (AvgIpc) is 2.20. The van der Waals surface area contributed by atoms with Crippen LogP contribution >= 0.6 is 0 Å². The summed E-state index contributed by atoms with van der Waals surface area (Å²) in [6, 6.07) is 0. The number of nitrogens with zero attached hydrogens (tertiary/aromatic N) is 1. The molecular formula is C9H20N4O2. The van der Waals surface area contributed by atoms with E-state index in [0.717, 1.165) is 19.4 Å². The predicted octanol–water partition coefficient (Wildman–Crippen LogP) is -1.05. The van der Waals surface area contributed by atoms with E-state index in [-0.39, 0.29) is 24.8 Å². The maximum absolute atomic E-state index is 10.9. The lowest BCUT2D eigenvalue weighted by molar-refractivity contribution is -0.123. The first kappa shape index (κ1) is 13.9. The minimum Gasteiger partial charge on any atom is -0.369 e. The van der Waals surface area contributed by atoms with Gasteiger partial charge in [0.25, 0.3) is 0 Å². The van der Waals surface area contributed by atoms with Gasteiger partial charge in [0, 0.05) is 13.0 Å². The molecule has 0 aliphatic carbocycles. The Hall–Kier alpha value is -1.14. The maximum atomic E-state index is 10.9.